The van der Waals surface area contributed by atoms with Gasteiger partial charge in [0.15, 0.2) is 0 Å². The van der Waals surface area contributed by atoms with Gasteiger partial charge in [-0.3, -0.25) is 5.10 Å². The second kappa shape index (κ2) is 5.13. The van der Waals surface area contributed by atoms with Gasteiger partial charge < -0.3 is 5.32 Å². The SMILES string of the molecule is CC(Nc1ccc2[nH]ncc2c1)c1ccc(Cl)c(F)c1. The zero-order valence-electron chi connectivity index (χ0n) is 10.8. The number of benzene rings is 2. The second-order valence-electron chi connectivity index (χ2n) is 4.71. The number of hydrogen-bond acceptors (Lipinski definition) is 2. The van der Waals surface area contributed by atoms with Crippen LogP contribution in [0.15, 0.2) is 42.6 Å². The second-order valence-corrected chi connectivity index (χ2v) is 5.12. The predicted octanol–water partition coefficient (Wildman–Crippen LogP) is 4.53. The van der Waals surface area contributed by atoms with E-state index in [1.54, 1.807) is 12.3 Å². The Morgan fingerprint density at radius 1 is 1.25 bits per heavy atom. The molecule has 0 aliphatic carbocycles. The highest BCUT2D eigenvalue weighted by molar-refractivity contribution is 6.30. The normalized spacial score (nSPS) is 12.6. The standard InChI is InChI=1S/C15H13ClFN3/c1-9(10-2-4-13(16)14(17)7-10)19-12-3-5-15-11(6-12)8-18-20-15/h2-9,19H,1H3,(H,18,20). The Bertz CT molecular complexity index is 754. The molecule has 102 valence electrons. The van der Waals surface area contributed by atoms with Crippen LogP contribution in [-0.2, 0) is 0 Å². The minimum absolute atomic E-state index is 0.0221. The van der Waals surface area contributed by atoms with Gasteiger partial charge in [0.1, 0.15) is 5.82 Å². The van der Waals surface area contributed by atoms with E-state index in [0.29, 0.717) is 0 Å². The van der Waals surface area contributed by atoms with Crippen molar-refractivity contribution in [2.75, 3.05) is 5.32 Å². The number of fused-ring (bicyclic) bond motifs is 1. The zero-order valence-corrected chi connectivity index (χ0v) is 11.6. The first-order valence-corrected chi connectivity index (χ1v) is 6.66. The first kappa shape index (κ1) is 12.9. The molecule has 2 N–H and O–H groups in total. The van der Waals surface area contributed by atoms with Crippen LogP contribution in [0.1, 0.15) is 18.5 Å². The third kappa shape index (κ3) is 2.47. The highest BCUT2D eigenvalue weighted by Gasteiger charge is 2.09. The van der Waals surface area contributed by atoms with Crippen molar-refractivity contribution in [3.05, 3.63) is 59.0 Å². The fourth-order valence-corrected chi connectivity index (χ4v) is 2.27. The molecule has 0 radical (unpaired) electrons. The molecular formula is C15H13ClFN3. The predicted molar refractivity (Wildman–Crippen MR) is 79.5 cm³/mol. The van der Waals surface area contributed by atoms with Crippen LogP contribution in [0.4, 0.5) is 10.1 Å². The van der Waals surface area contributed by atoms with Crippen LogP contribution in [0.2, 0.25) is 5.02 Å². The van der Waals surface area contributed by atoms with Crippen molar-refractivity contribution in [2.45, 2.75) is 13.0 Å². The summed E-state index contributed by atoms with van der Waals surface area (Å²) in [5.74, 6) is -0.400. The van der Waals surface area contributed by atoms with Gasteiger partial charge in [0.2, 0.25) is 0 Å². The largest absolute Gasteiger partial charge is 0.378 e. The summed E-state index contributed by atoms with van der Waals surface area (Å²) in [5.41, 5.74) is 2.79. The van der Waals surface area contributed by atoms with Gasteiger partial charge in [-0.05, 0) is 42.8 Å². The summed E-state index contributed by atoms with van der Waals surface area (Å²) in [6, 6.07) is 10.7. The first-order valence-electron chi connectivity index (χ1n) is 6.28. The molecule has 0 saturated heterocycles. The van der Waals surface area contributed by atoms with E-state index < -0.39 is 5.82 Å². The minimum atomic E-state index is -0.400. The Labute approximate surface area is 120 Å². The number of rotatable bonds is 3. The molecule has 0 saturated carbocycles. The van der Waals surface area contributed by atoms with Crippen LogP contribution < -0.4 is 5.32 Å². The lowest BCUT2D eigenvalue weighted by Gasteiger charge is -2.16. The van der Waals surface area contributed by atoms with Gasteiger partial charge >= 0.3 is 0 Å². The van der Waals surface area contributed by atoms with Crippen molar-refractivity contribution < 1.29 is 4.39 Å². The number of aromatic amines is 1. The molecule has 20 heavy (non-hydrogen) atoms. The molecule has 2 aromatic carbocycles. The number of halogens is 2. The minimum Gasteiger partial charge on any atom is -0.378 e. The first-order chi connectivity index (χ1) is 9.63. The Morgan fingerprint density at radius 3 is 2.90 bits per heavy atom. The van der Waals surface area contributed by atoms with Crippen LogP contribution in [0.25, 0.3) is 10.9 Å². The maximum atomic E-state index is 13.5. The molecule has 0 amide bonds. The van der Waals surface area contributed by atoms with Gasteiger partial charge in [-0.25, -0.2) is 4.39 Å². The molecule has 0 fully saturated rings. The van der Waals surface area contributed by atoms with Crippen LogP contribution >= 0.6 is 11.6 Å². The molecule has 3 aromatic rings. The monoisotopic (exact) mass is 289 g/mol. The molecule has 1 unspecified atom stereocenters. The third-order valence-corrected chi connectivity index (χ3v) is 3.57. The van der Waals surface area contributed by atoms with Crippen molar-refractivity contribution in [1.29, 1.82) is 0 Å². The summed E-state index contributed by atoms with van der Waals surface area (Å²) in [7, 11) is 0. The van der Waals surface area contributed by atoms with E-state index in [9.17, 15) is 4.39 Å². The molecule has 5 heteroatoms. The highest BCUT2D eigenvalue weighted by Crippen LogP contribution is 2.24. The summed E-state index contributed by atoms with van der Waals surface area (Å²) in [6.07, 6.45) is 1.77. The van der Waals surface area contributed by atoms with Crippen LogP contribution in [-0.4, -0.2) is 10.2 Å². The van der Waals surface area contributed by atoms with E-state index in [2.05, 4.69) is 15.5 Å². The van der Waals surface area contributed by atoms with Gasteiger partial charge in [-0.1, -0.05) is 17.7 Å². The Morgan fingerprint density at radius 2 is 2.10 bits per heavy atom. The van der Waals surface area contributed by atoms with E-state index in [1.165, 1.54) is 6.07 Å². The summed E-state index contributed by atoms with van der Waals surface area (Å²) in [6.45, 7) is 1.97. The summed E-state index contributed by atoms with van der Waals surface area (Å²) in [5, 5.41) is 11.4. The van der Waals surface area contributed by atoms with E-state index in [0.717, 1.165) is 22.2 Å². The van der Waals surface area contributed by atoms with Crippen LogP contribution in [0.5, 0.6) is 0 Å². The fourth-order valence-electron chi connectivity index (χ4n) is 2.15. The van der Waals surface area contributed by atoms with E-state index >= 15 is 0 Å². The van der Waals surface area contributed by atoms with Gasteiger partial charge in [-0.15, -0.1) is 0 Å². The van der Waals surface area contributed by atoms with Crippen molar-refractivity contribution in [3.8, 4) is 0 Å². The maximum Gasteiger partial charge on any atom is 0.142 e. The number of anilines is 1. The van der Waals surface area contributed by atoms with Gasteiger partial charge in [-0.2, -0.15) is 5.10 Å². The third-order valence-electron chi connectivity index (χ3n) is 3.27. The molecule has 0 aliphatic rings. The number of hydrogen-bond donors (Lipinski definition) is 2. The molecule has 1 heterocycles. The van der Waals surface area contributed by atoms with E-state index in [4.69, 9.17) is 11.6 Å². The lowest BCUT2D eigenvalue weighted by atomic mass is 10.1. The lowest BCUT2D eigenvalue weighted by molar-refractivity contribution is 0.624. The van der Waals surface area contributed by atoms with Crippen molar-refractivity contribution in [1.82, 2.24) is 10.2 Å². The Kier molecular flexibility index (Phi) is 3.32. The molecule has 0 spiro atoms. The zero-order chi connectivity index (χ0) is 14.1. The number of nitrogens with one attached hydrogen (secondary N) is 2. The lowest BCUT2D eigenvalue weighted by Crippen LogP contribution is -2.06. The van der Waals surface area contributed by atoms with Crippen molar-refractivity contribution in [3.63, 3.8) is 0 Å². The van der Waals surface area contributed by atoms with E-state index in [-0.39, 0.29) is 11.1 Å². The summed E-state index contributed by atoms with van der Waals surface area (Å²) in [4.78, 5) is 0. The molecule has 1 atom stereocenters. The van der Waals surface area contributed by atoms with Gasteiger partial charge in [0, 0.05) is 17.1 Å². The number of nitrogens with zero attached hydrogens (tertiary/aromatic N) is 1. The maximum absolute atomic E-state index is 13.5. The summed E-state index contributed by atoms with van der Waals surface area (Å²) < 4.78 is 13.5. The molecule has 3 rings (SSSR count). The highest BCUT2D eigenvalue weighted by atomic mass is 35.5. The average molecular weight is 290 g/mol. The van der Waals surface area contributed by atoms with Crippen molar-refractivity contribution in [2.24, 2.45) is 0 Å². The molecule has 0 aliphatic heterocycles. The average Bonchev–Trinajstić information content (AvgIpc) is 2.89. The Balaban J connectivity index is 1.83. The molecular weight excluding hydrogens is 277 g/mol. The topological polar surface area (TPSA) is 40.7 Å². The number of aromatic nitrogens is 2. The molecule has 1 aromatic heterocycles. The van der Waals surface area contributed by atoms with Gasteiger partial charge in [0.05, 0.1) is 16.7 Å². The molecule has 0 bridgehead atoms. The quantitative estimate of drug-likeness (QED) is 0.744. The van der Waals surface area contributed by atoms with E-state index in [1.807, 2.05) is 31.2 Å². The van der Waals surface area contributed by atoms with Crippen molar-refractivity contribution >= 4 is 28.2 Å². The fraction of sp³-hybridized carbons (Fsp3) is 0.133. The number of H-pyrrole nitrogens is 1. The van der Waals surface area contributed by atoms with Crippen LogP contribution in [0.3, 0.4) is 0 Å². The van der Waals surface area contributed by atoms with Crippen LogP contribution in [0, 0.1) is 5.82 Å². The Hall–Kier alpha value is -2.07. The molecule has 3 nitrogen and oxygen atoms in total. The summed E-state index contributed by atoms with van der Waals surface area (Å²) >= 11 is 5.69. The van der Waals surface area contributed by atoms with Gasteiger partial charge in [0.25, 0.3) is 0 Å². The smallest absolute Gasteiger partial charge is 0.142 e.